The Bertz CT molecular complexity index is 724. The maximum atomic E-state index is 12.2. The number of carbonyl (C=O) groups is 2. The van der Waals surface area contributed by atoms with Gasteiger partial charge < -0.3 is 15.8 Å². The van der Waals surface area contributed by atoms with Crippen molar-refractivity contribution in [1.82, 2.24) is 5.32 Å². The molecule has 2 aromatic rings. The minimum atomic E-state index is -0.485. The Morgan fingerprint density at radius 3 is 2.44 bits per heavy atom. The smallest absolute Gasteiger partial charge is 0.251 e. The van der Waals surface area contributed by atoms with Gasteiger partial charge in [0.15, 0.2) is 0 Å². The van der Waals surface area contributed by atoms with Crippen molar-refractivity contribution < 1.29 is 14.3 Å². The molecule has 0 aliphatic carbocycles. The Labute approximate surface area is 148 Å². The van der Waals surface area contributed by atoms with Crippen molar-refractivity contribution in [2.45, 2.75) is 26.8 Å². The molecule has 0 radical (unpaired) electrons. The first kappa shape index (κ1) is 18.5. The van der Waals surface area contributed by atoms with Crippen LogP contribution in [0.15, 0.2) is 48.5 Å². The average molecular weight is 340 g/mol. The van der Waals surface area contributed by atoms with Crippen LogP contribution in [0.25, 0.3) is 0 Å². The second-order valence-corrected chi connectivity index (χ2v) is 6.30. The number of benzene rings is 2. The highest BCUT2D eigenvalue weighted by molar-refractivity contribution is 5.94. The van der Waals surface area contributed by atoms with Crippen LogP contribution >= 0.6 is 0 Å². The molecular weight excluding hydrogens is 316 g/mol. The Hall–Kier alpha value is -2.82. The van der Waals surface area contributed by atoms with Gasteiger partial charge >= 0.3 is 0 Å². The van der Waals surface area contributed by atoms with Gasteiger partial charge in [0.25, 0.3) is 5.91 Å². The maximum absolute atomic E-state index is 12.2. The quantitative estimate of drug-likeness (QED) is 0.774. The Morgan fingerprint density at radius 1 is 1.08 bits per heavy atom. The minimum absolute atomic E-state index is 0.182. The minimum Gasteiger partial charge on any atom is -0.494 e. The van der Waals surface area contributed by atoms with E-state index in [2.05, 4.69) is 19.2 Å². The zero-order chi connectivity index (χ0) is 18.2. The summed E-state index contributed by atoms with van der Waals surface area (Å²) >= 11 is 0. The van der Waals surface area contributed by atoms with E-state index in [4.69, 9.17) is 10.5 Å². The molecule has 3 N–H and O–H groups in total. The van der Waals surface area contributed by atoms with Gasteiger partial charge in [0.2, 0.25) is 5.91 Å². The third-order valence-electron chi connectivity index (χ3n) is 3.75. The first-order chi connectivity index (χ1) is 12.0. The molecule has 0 aliphatic heterocycles. The van der Waals surface area contributed by atoms with Gasteiger partial charge in [0.05, 0.1) is 6.61 Å². The first-order valence-corrected chi connectivity index (χ1v) is 8.35. The van der Waals surface area contributed by atoms with Crippen molar-refractivity contribution in [3.63, 3.8) is 0 Å². The van der Waals surface area contributed by atoms with Gasteiger partial charge in [-0.25, -0.2) is 0 Å². The summed E-state index contributed by atoms with van der Waals surface area (Å²) in [6, 6.07) is 14.0. The van der Waals surface area contributed by atoms with E-state index in [0.717, 1.165) is 17.7 Å². The van der Waals surface area contributed by atoms with Crippen molar-refractivity contribution in [2.24, 2.45) is 11.7 Å². The molecule has 0 aliphatic rings. The second kappa shape index (κ2) is 8.87. The lowest BCUT2D eigenvalue weighted by atomic mass is 10.1. The van der Waals surface area contributed by atoms with E-state index in [1.165, 1.54) is 0 Å². The van der Waals surface area contributed by atoms with Gasteiger partial charge in [-0.05, 0) is 54.3 Å². The van der Waals surface area contributed by atoms with Crippen LogP contribution in [0.3, 0.4) is 0 Å². The summed E-state index contributed by atoms with van der Waals surface area (Å²) in [6.45, 7) is 5.29. The summed E-state index contributed by atoms with van der Waals surface area (Å²) in [5.74, 6) is 0.684. The summed E-state index contributed by atoms with van der Waals surface area (Å²) in [7, 11) is 0. The van der Waals surface area contributed by atoms with Crippen LogP contribution in [-0.2, 0) is 6.54 Å². The first-order valence-electron chi connectivity index (χ1n) is 8.35. The fourth-order valence-corrected chi connectivity index (χ4v) is 2.23. The summed E-state index contributed by atoms with van der Waals surface area (Å²) in [6.07, 6.45) is 0.993. The number of carbonyl (C=O) groups excluding carboxylic acids is 2. The molecule has 5 heteroatoms. The molecule has 5 nitrogen and oxygen atoms in total. The molecule has 132 valence electrons. The lowest BCUT2D eigenvalue weighted by Crippen LogP contribution is -2.23. The average Bonchev–Trinajstić information content (AvgIpc) is 2.60. The molecule has 0 fully saturated rings. The molecule has 0 heterocycles. The molecule has 2 rings (SSSR count). The molecule has 2 aromatic carbocycles. The third kappa shape index (κ3) is 5.95. The van der Waals surface area contributed by atoms with E-state index < -0.39 is 5.91 Å². The number of hydrogen-bond acceptors (Lipinski definition) is 3. The molecule has 0 saturated carbocycles. The number of ether oxygens (including phenoxy) is 1. The summed E-state index contributed by atoms with van der Waals surface area (Å²) in [5.41, 5.74) is 7.06. The monoisotopic (exact) mass is 340 g/mol. The molecule has 0 unspecified atom stereocenters. The number of hydrogen-bond donors (Lipinski definition) is 2. The van der Waals surface area contributed by atoms with Crippen molar-refractivity contribution in [2.75, 3.05) is 6.61 Å². The highest BCUT2D eigenvalue weighted by atomic mass is 16.5. The molecule has 25 heavy (non-hydrogen) atoms. The van der Waals surface area contributed by atoms with Gasteiger partial charge in [0, 0.05) is 17.7 Å². The highest BCUT2D eigenvalue weighted by Gasteiger charge is 2.07. The topological polar surface area (TPSA) is 81.4 Å². The van der Waals surface area contributed by atoms with Crippen molar-refractivity contribution >= 4 is 11.8 Å². The van der Waals surface area contributed by atoms with Crippen LogP contribution in [0.1, 0.15) is 46.5 Å². The predicted octanol–water partition coefficient (Wildman–Crippen LogP) is 3.14. The molecule has 0 saturated heterocycles. The van der Waals surface area contributed by atoms with Crippen LogP contribution in [0.2, 0.25) is 0 Å². The van der Waals surface area contributed by atoms with Gasteiger partial charge in [-0.1, -0.05) is 26.0 Å². The Morgan fingerprint density at radius 2 is 1.80 bits per heavy atom. The van der Waals surface area contributed by atoms with Gasteiger partial charge in [0.1, 0.15) is 5.75 Å². The number of amides is 2. The van der Waals surface area contributed by atoms with E-state index in [1.807, 2.05) is 6.07 Å². The lowest BCUT2D eigenvalue weighted by Gasteiger charge is -2.09. The van der Waals surface area contributed by atoms with Gasteiger partial charge in [-0.15, -0.1) is 0 Å². The normalized spacial score (nSPS) is 10.5. The third-order valence-corrected chi connectivity index (χ3v) is 3.75. The van der Waals surface area contributed by atoms with E-state index in [9.17, 15) is 9.59 Å². The van der Waals surface area contributed by atoms with Crippen LogP contribution in [0.4, 0.5) is 0 Å². The fraction of sp³-hybridized carbons (Fsp3) is 0.300. The van der Waals surface area contributed by atoms with Crippen LogP contribution in [0, 0.1) is 5.92 Å². The molecule has 0 atom stereocenters. The van der Waals surface area contributed by atoms with Crippen molar-refractivity contribution in [3.05, 3.63) is 65.2 Å². The summed E-state index contributed by atoms with van der Waals surface area (Å²) in [4.78, 5) is 23.4. The van der Waals surface area contributed by atoms with E-state index in [1.54, 1.807) is 42.5 Å². The molecule has 0 bridgehead atoms. The molecule has 2 amide bonds. The highest BCUT2D eigenvalue weighted by Crippen LogP contribution is 2.13. The van der Waals surface area contributed by atoms with Gasteiger partial charge in [-0.3, -0.25) is 9.59 Å². The summed E-state index contributed by atoms with van der Waals surface area (Å²) < 4.78 is 5.64. The van der Waals surface area contributed by atoms with Crippen LogP contribution < -0.4 is 15.8 Å². The Kier molecular flexibility index (Phi) is 6.57. The van der Waals surface area contributed by atoms with E-state index in [-0.39, 0.29) is 5.91 Å². The lowest BCUT2D eigenvalue weighted by molar-refractivity contribution is 0.0950. The number of rotatable bonds is 8. The van der Waals surface area contributed by atoms with Crippen LogP contribution in [-0.4, -0.2) is 18.4 Å². The number of nitrogens with one attached hydrogen (secondary N) is 1. The predicted molar refractivity (Wildman–Crippen MR) is 97.5 cm³/mol. The Balaban J connectivity index is 1.88. The molecular formula is C20H24N2O3. The zero-order valence-corrected chi connectivity index (χ0v) is 14.6. The number of nitrogens with two attached hydrogens (primary N) is 1. The van der Waals surface area contributed by atoms with E-state index >= 15 is 0 Å². The fourth-order valence-electron chi connectivity index (χ4n) is 2.23. The SMILES string of the molecule is CC(C)CCOc1ccc(C(=O)NCc2cccc(C(N)=O)c2)cc1. The number of primary amides is 1. The van der Waals surface area contributed by atoms with Crippen LogP contribution in [0.5, 0.6) is 5.75 Å². The van der Waals surface area contributed by atoms with Crippen molar-refractivity contribution in [3.8, 4) is 5.75 Å². The zero-order valence-electron chi connectivity index (χ0n) is 14.6. The van der Waals surface area contributed by atoms with Gasteiger partial charge in [-0.2, -0.15) is 0 Å². The molecule has 0 spiro atoms. The van der Waals surface area contributed by atoms with Crippen molar-refractivity contribution in [1.29, 1.82) is 0 Å². The maximum Gasteiger partial charge on any atom is 0.251 e. The standard InChI is InChI=1S/C20H24N2O3/c1-14(2)10-11-25-18-8-6-16(7-9-18)20(24)22-13-15-4-3-5-17(12-15)19(21)23/h3-9,12,14H,10-11,13H2,1-2H3,(H2,21,23)(H,22,24). The largest absolute Gasteiger partial charge is 0.494 e. The summed E-state index contributed by atoms with van der Waals surface area (Å²) in [5, 5.41) is 2.83. The van der Waals surface area contributed by atoms with E-state index in [0.29, 0.717) is 30.2 Å². The second-order valence-electron chi connectivity index (χ2n) is 6.30. The molecule has 0 aromatic heterocycles.